The van der Waals surface area contributed by atoms with E-state index in [4.69, 9.17) is 5.73 Å². The Bertz CT molecular complexity index is 778. The van der Waals surface area contributed by atoms with Crippen LogP contribution < -0.4 is 5.73 Å². The largest absolute Gasteiger partial charge is 0.342 e. The maximum atomic E-state index is 13.9. The second-order valence-corrected chi connectivity index (χ2v) is 9.11. The molecule has 1 aliphatic carbocycles. The lowest BCUT2D eigenvalue weighted by Crippen LogP contribution is -2.43. The number of likely N-dealkylation sites (tertiary alicyclic amines) is 2. The van der Waals surface area contributed by atoms with Crippen LogP contribution in [0.25, 0.3) is 0 Å². The van der Waals surface area contributed by atoms with Gasteiger partial charge in [-0.1, -0.05) is 12.1 Å². The topological polar surface area (TPSA) is 69.9 Å². The first kappa shape index (κ1) is 20.1. The summed E-state index contributed by atoms with van der Waals surface area (Å²) < 4.78 is 13.9. The van der Waals surface area contributed by atoms with E-state index < -0.39 is 0 Å². The third-order valence-corrected chi connectivity index (χ3v) is 6.92. The number of halogens is 1. The molecule has 4 rings (SSSR count). The summed E-state index contributed by atoms with van der Waals surface area (Å²) in [5, 5.41) is 0. The van der Waals surface area contributed by atoms with Crippen molar-refractivity contribution in [2.75, 3.05) is 33.7 Å². The molecule has 7 heteroatoms. The van der Waals surface area contributed by atoms with Crippen LogP contribution in [0.4, 0.5) is 9.18 Å². The molecule has 0 radical (unpaired) electrons. The van der Waals surface area contributed by atoms with E-state index >= 15 is 0 Å². The van der Waals surface area contributed by atoms with Crippen LogP contribution in [-0.2, 0) is 4.79 Å². The first-order valence-corrected chi connectivity index (χ1v) is 10.6. The van der Waals surface area contributed by atoms with Gasteiger partial charge in [-0.2, -0.15) is 0 Å². The fourth-order valence-corrected chi connectivity index (χ4v) is 5.42. The van der Waals surface area contributed by atoms with Crippen molar-refractivity contribution >= 4 is 11.9 Å². The highest BCUT2D eigenvalue weighted by Gasteiger charge is 2.51. The Hall–Kier alpha value is -2.15. The van der Waals surface area contributed by atoms with Crippen LogP contribution in [0.15, 0.2) is 24.3 Å². The third-order valence-electron chi connectivity index (χ3n) is 6.92. The molecular formula is C22H31FN4O2. The number of nitrogens with two attached hydrogens (primary N) is 1. The fourth-order valence-electron chi connectivity index (χ4n) is 5.42. The molecule has 6 nitrogen and oxygen atoms in total. The number of hydrogen-bond donors (Lipinski definition) is 1. The van der Waals surface area contributed by atoms with Crippen molar-refractivity contribution in [3.8, 4) is 0 Å². The Morgan fingerprint density at radius 2 is 1.83 bits per heavy atom. The molecule has 29 heavy (non-hydrogen) atoms. The number of benzene rings is 1. The lowest BCUT2D eigenvalue weighted by molar-refractivity contribution is -0.136. The Morgan fingerprint density at radius 3 is 2.48 bits per heavy atom. The SMILES string of the molecule is CN(C)C(=O)N1C[C@H]2CN(C(=O)C3CCC(N)CC3)C[C@H]2[C@@H]1c1cccc(F)c1. The number of rotatable bonds is 2. The predicted octanol–water partition coefficient (Wildman–Crippen LogP) is 2.46. The summed E-state index contributed by atoms with van der Waals surface area (Å²) in [5.41, 5.74) is 6.80. The van der Waals surface area contributed by atoms with Gasteiger partial charge in [-0.15, -0.1) is 0 Å². The summed E-state index contributed by atoms with van der Waals surface area (Å²) in [7, 11) is 3.48. The van der Waals surface area contributed by atoms with Crippen LogP contribution in [-0.4, -0.2) is 66.4 Å². The number of carbonyl (C=O) groups excluding carboxylic acids is 2. The minimum atomic E-state index is -0.298. The number of hydrogen-bond acceptors (Lipinski definition) is 3. The van der Waals surface area contributed by atoms with Crippen LogP contribution >= 0.6 is 0 Å². The van der Waals surface area contributed by atoms with Crippen LogP contribution in [0.1, 0.15) is 37.3 Å². The van der Waals surface area contributed by atoms with Gasteiger partial charge < -0.3 is 20.4 Å². The number of urea groups is 1. The molecule has 2 heterocycles. The lowest BCUT2D eigenvalue weighted by Gasteiger charge is -2.33. The molecule has 0 unspecified atom stereocenters. The summed E-state index contributed by atoms with van der Waals surface area (Å²) in [6.45, 7) is 1.90. The van der Waals surface area contributed by atoms with E-state index in [-0.39, 0.29) is 47.6 Å². The van der Waals surface area contributed by atoms with Crippen molar-refractivity contribution < 1.29 is 14.0 Å². The minimum Gasteiger partial charge on any atom is -0.342 e. The molecule has 2 aliphatic heterocycles. The smallest absolute Gasteiger partial charge is 0.320 e. The second-order valence-electron chi connectivity index (χ2n) is 9.11. The zero-order valence-electron chi connectivity index (χ0n) is 17.3. The quantitative estimate of drug-likeness (QED) is 0.826. The Balaban J connectivity index is 1.54. The third kappa shape index (κ3) is 3.84. The zero-order valence-corrected chi connectivity index (χ0v) is 17.3. The Morgan fingerprint density at radius 1 is 1.10 bits per heavy atom. The van der Waals surface area contributed by atoms with Gasteiger partial charge in [-0.3, -0.25) is 4.79 Å². The molecule has 0 bridgehead atoms. The summed E-state index contributed by atoms with van der Waals surface area (Å²) >= 11 is 0. The van der Waals surface area contributed by atoms with Crippen molar-refractivity contribution in [1.29, 1.82) is 0 Å². The highest BCUT2D eigenvalue weighted by atomic mass is 19.1. The first-order valence-electron chi connectivity index (χ1n) is 10.6. The lowest BCUT2D eigenvalue weighted by atomic mass is 9.85. The van der Waals surface area contributed by atoms with Gasteiger partial charge in [0, 0.05) is 57.5 Å². The normalized spacial score (nSPS) is 31.7. The van der Waals surface area contributed by atoms with E-state index in [0.29, 0.717) is 19.6 Å². The van der Waals surface area contributed by atoms with Gasteiger partial charge in [0.15, 0.2) is 0 Å². The van der Waals surface area contributed by atoms with Crippen LogP contribution in [0.3, 0.4) is 0 Å². The summed E-state index contributed by atoms with van der Waals surface area (Å²) in [6.07, 6.45) is 3.55. The molecule has 2 saturated heterocycles. The molecule has 3 atom stereocenters. The van der Waals surface area contributed by atoms with Gasteiger partial charge in [-0.05, 0) is 43.4 Å². The van der Waals surface area contributed by atoms with Crippen molar-refractivity contribution in [2.45, 2.75) is 37.8 Å². The minimum absolute atomic E-state index is 0.0622. The van der Waals surface area contributed by atoms with Gasteiger partial charge in [0.25, 0.3) is 0 Å². The molecule has 3 aliphatic rings. The first-order chi connectivity index (χ1) is 13.8. The number of amides is 3. The molecule has 3 fully saturated rings. The van der Waals surface area contributed by atoms with E-state index in [2.05, 4.69) is 0 Å². The maximum Gasteiger partial charge on any atom is 0.320 e. The van der Waals surface area contributed by atoms with Crippen LogP contribution in [0, 0.1) is 23.6 Å². The summed E-state index contributed by atoms with van der Waals surface area (Å²) in [6, 6.07) is 6.48. The number of nitrogens with zero attached hydrogens (tertiary/aromatic N) is 3. The highest BCUT2D eigenvalue weighted by Crippen LogP contribution is 2.46. The Kier molecular flexibility index (Phi) is 5.51. The van der Waals surface area contributed by atoms with Gasteiger partial charge in [0.1, 0.15) is 5.82 Å². The molecule has 0 aromatic heterocycles. The number of fused-ring (bicyclic) bond motifs is 1. The van der Waals surface area contributed by atoms with Crippen LogP contribution in [0.5, 0.6) is 0 Å². The predicted molar refractivity (Wildman–Crippen MR) is 108 cm³/mol. The van der Waals surface area contributed by atoms with E-state index in [1.54, 1.807) is 25.1 Å². The van der Waals surface area contributed by atoms with Crippen molar-refractivity contribution in [3.05, 3.63) is 35.6 Å². The van der Waals surface area contributed by atoms with Gasteiger partial charge in [0.05, 0.1) is 6.04 Å². The van der Waals surface area contributed by atoms with Gasteiger partial charge >= 0.3 is 6.03 Å². The van der Waals surface area contributed by atoms with E-state index in [1.807, 2.05) is 15.9 Å². The molecule has 2 N–H and O–H groups in total. The Labute approximate surface area is 171 Å². The molecular weight excluding hydrogens is 371 g/mol. The van der Waals surface area contributed by atoms with Crippen molar-refractivity contribution in [2.24, 2.45) is 23.5 Å². The van der Waals surface area contributed by atoms with Crippen molar-refractivity contribution in [3.63, 3.8) is 0 Å². The average molecular weight is 403 g/mol. The molecule has 0 spiro atoms. The molecule has 158 valence electrons. The standard InChI is InChI=1S/C22H31FN4O2/c1-25(2)22(29)27-12-16-11-26(21(28)14-6-8-18(24)9-7-14)13-19(16)20(27)15-4-3-5-17(23)10-15/h3-5,10,14,16,18-20H,6-9,11-13,24H2,1-2H3/t14?,16-,18?,19-,20+/m1/s1. The summed E-state index contributed by atoms with van der Waals surface area (Å²) in [4.78, 5) is 31.3. The van der Waals surface area contributed by atoms with Crippen molar-refractivity contribution in [1.82, 2.24) is 14.7 Å². The monoisotopic (exact) mass is 402 g/mol. The maximum absolute atomic E-state index is 13.9. The van der Waals surface area contributed by atoms with E-state index in [1.165, 1.54) is 12.1 Å². The highest BCUT2D eigenvalue weighted by molar-refractivity contribution is 5.79. The van der Waals surface area contributed by atoms with E-state index in [0.717, 1.165) is 31.2 Å². The molecule has 3 amide bonds. The molecule has 1 saturated carbocycles. The zero-order chi connectivity index (χ0) is 20.7. The summed E-state index contributed by atoms with van der Waals surface area (Å²) in [5.74, 6) is 0.362. The molecule has 1 aromatic rings. The second kappa shape index (κ2) is 7.94. The molecule has 1 aromatic carbocycles. The average Bonchev–Trinajstić information content (AvgIpc) is 3.25. The van der Waals surface area contributed by atoms with Gasteiger partial charge in [0.2, 0.25) is 5.91 Å². The van der Waals surface area contributed by atoms with Crippen LogP contribution in [0.2, 0.25) is 0 Å². The van der Waals surface area contributed by atoms with Gasteiger partial charge in [-0.25, -0.2) is 9.18 Å². The fraction of sp³-hybridized carbons (Fsp3) is 0.636. The van der Waals surface area contributed by atoms with E-state index in [9.17, 15) is 14.0 Å². The number of carbonyl (C=O) groups is 2.